The molecule has 1 N–H and O–H groups in total. The van der Waals surface area contributed by atoms with E-state index in [-0.39, 0.29) is 10.6 Å². The summed E-state index contributed by atoms with van der Waals surface area (Å²) < 4.78 is 39.4. The molecule has 0 saturated heterocycles. The molecule has 0 radical (unpaired) electrons. The van der Waals surface area contributed by atoms with Crippen molar-refractivity contribution in [1.29, 1.82) is 0 Å². The molecule has 2 aromatic carbocycles. The van der Waals surface area contributed by atoms with Gasteiger partial charge in [-0.15, -0.1) is 0 Å². The summed E-state index contributed by atoms with van der Waals surface area (Å²) in [6.07, 6.45) is 4.41. The number of ether oxygens (including phenoxy) is 1. The number of hydrogen-bond acceptors (Lipinski definition) is 6. The van der Waals surface area contributed by atoms with Crippen molar-refractivity contribution in [3.63, 3.8) is 0 Å². The van der Waals surface area contributed by atoms with E-state index < -0.39 is 27.7 Å². The Bertz CT molecular complexity index is 1340. The van der Waals surface area contributed by atoms with E-state index in [0.29, 0.717) is 24.0 Å². The van der Waals surface area contributed by atoms with Crippen LogP contribution in [-0.2, 0) is 21.2 Å². The van der Waals surface area contributed by atoms with Crippen molar-refractivity contribution >= 4 is 27.0 Å². The van der Waals surface area contributed by atoms with E-state index in [1.54, 1.807) is 31.2 Å². The largest absolute Gasteiger partial charge is 0.425 e. The van der Waals surface area contributed by atoms with E-state index >= 15 is 0 Å². The highest BCUT2D eigenvalue weighted by atomic mass is 32.2. The predicted octanol–water partition coefficient (Wildman–Crippen LogP) is 5.20. The van der Waals surface area contributed by atoms with Crippen LogP contribution in [0.1, 0.15) is 62.6 Å². The van der Waals surface area contributed by atoms with Gasteiger partial charge in [0.1, 0.15) is 17.4 Å². The highest BCUT2D eigenvalue weighted by molar-refractivity contribution is 7.89. The summed E-state index contributed by atoms with van der Waals surface area (Å²) in [4.78, 5) is 25.3. The van der Waals surface area contributed by atoms with E-state index in [1.165, 1.54) is 18.2 Å². The molecule has 1 heterocycles. The van der Waals surface area contributed by atoms with Gasteiger partial charge in [-0.1, -0.05) is 50.8 Å². The number of aryl methyl sites for hydroxylation is 3. The van der Waals surface area contributed by atoms with E-state index in [1.807, 2.05) is 13.8 Å². The monoisotopic (exact) mass is 499 g/mol. The van der Waals surface area contributed by atoms with Crippen molar-refractivity contribution in [3.05, 3.63) is 69.6 Å². The topological polar surface area (TPSA) is 103 Å². The minimum atomic E-state index is -3.92. The average Bonchev–Trinajstić information content (AvgIpc) is 2.82. The van der Waals surface area contributed by atoms with Gasteiger partial charge in [0, 0.05) is 17.0 Å². The van der Waals surface area contributed by atoms with Crippen LogP contribution in [0.2, 0.25) is 0 Å². The molecule has 1 aromatic heterocycles. The fourth-order valence-electron chi connectivity index (χ4n) is 3.88. The molecule has 7 nitrogen and oxygen atoms in total. The Balaban J connectivity index is 1.89. The summed E-state index contributed by atoms with van der Waals surface area (Å²) in [5.41, 5.74) is 2.26. The second-order valence-corrected chi connectivity index (χ2v) is 10.5. The number of sulfonamides is 1. The summed E-state index contributed by atoms with van der Waals surface area (Å²) in [5.74, 6) is -0.476. The van der Waals surface area contributed by atoms with Gasteiger partial charge in [0.05, 0.1) is 4.90 Å². The Morgan fingerprint density at radius 2 is 1.71 bits per heavy atom. The van der Waals surface area contributed by atoms with E-state index in [0.717, 1.165) is 42.2 Å². The fourth-order valence-corrected chi connectivity index (χ4v) is 5.10. The first-order valence-corrected chi connectivity index (χ1v) is 13.5. The first-order valence-electron chi connectivity index (χ1n) is 12.0. The second-order valence-electron chi connectivity index (χ2n) is 8.81. The Morgan fingerprint density at radius 1 is 1.03 bits per heavy atom. The van der Waals surface area contributed by atoms with E-state index in [4.69, 9.17) is 9.15 Å². The van der Waals surface area contributed by atoms with Crippen LogP contribution < -0.4 is 15.1 Å². The zero-order valence-electron chi connectivity index (χ0n) is 20.7. The molecule has 0 fully saturated rings. The van der Waals surface area contributed by atoms with Gasteiger partial charge < -0.3 is 9.15 Å². The lowest BCUT2D eigenvalue weighted by Crippen LogP contribution is -2.43. The molecule has 0 aliphatic heterocycles. The molecule has 3 aromatic rings. The van der Waals surface area contributed by atoms with Crippen molar-refractivity contribution in [2.75, 3.05) is 0 Å². The minimum Gasteiger partial charge on any atom is -0.425 e. The quantitative estimate of drug-likeness (QED) is 0.221. The third-order valence-corrected chi connectivity index (χ3v) is 7.45. The molecule has 8 heteroatoms. The van der Waals surface area contributed by atoms with Gasteiger partial charge in [-0.05, 0) is 62.9 Å². The van der Waals surface area contributed by atoms with Crippen LogP contribution >= 0.6 is 0 Å². The van der Waals surface area contributed by atoms with Crippen LogP contribution in [0.5, 0.6) is 5.75 Å². The summed E-state index contributed by atoms with van der Waals surface area (Å²) >= 11 is 0. The van der Waals surface area contributed by atoms with Crippen LogP contribution in [-0.4, -0.2) is 20.4 Å². The van der Waals surface area contributed by atoms with Crippen molar-refractivity contribution in [3.8, 4) is 5.75 Å². The van der Waals surface area contributed by atoms with Crippen LogP contribution in [0.4, 0.5) is 0 Å². The van der Waals surface area contributed by atoms with Gasteiger partial charge in [-0.3, -0.25) is 0 Å². The highest BCUT2D eigenvalue weighted by Crippen LogP contribution is 2.29. The molecule has 1 atom stereocenters. The SMILES string of the molecule is CCCCc1cc(=O)oc2c(C)c(OC(=O)C(CCCC)NS(=O)(=O)c3ccc(C)cc3)ccc12. The standard InChI is InChI=1S/C27H33NO6S/c1-5-7-9-20-17-25(29)34-26-19(4)24(16-15-22(20)26)33-27(30)23(10-8-6-2)28-35(31,32)21-13-11-18(3)12-14-21/h11-17,23,28H,5-10H2,1-4H3. The van der Waals surface area contributed by atoms with Gasteiger partial charge in [0.15, 0.2) is 0 Å². The van der Waals surface area contributed by atoms with Gasteiger partial charge in [0.25, 0.3) is 0 Å². The van der Waals surface area contributed by atoms with Crippen LogP contribution in [0.3, 0.4) is 0 Å². The molecule has 0 amide bonds. The number of hydrogen-bond donors (Lipinski definition) is 1. The Kier molecular flexibility index (Phi) is 8.86. The van der Waals surface area contributed by atoms with Crippen LogP contribution in [0, 0.1) is 13.8 Å². The Morgan fingerprint density at radius 3 is 2.37 bits per heavy atom. The first kappa shape index (κ1) is 26.6. The zero-order chi connectivity index (χ0) is 25.6. The van der Waals surface area contributed by atoms with Gasteiger partial charge in [0.2, 0.25) is 10.0 Å². The number of nitrogens with one attached hydrogen (secondary N) is 1. The third kappa shape index (κ3) is 6.58. The molecule has 35 heavy (non-hydrogen) atoms. The normalized spacial score (nSPS) is 12.6. The summed E-state index contributed by atoms with van der Waals surface area (Å²) in [5, 5.41) is 0.804. The zero-order valence-corrected chi connectivity index (χ0v) is 21.5. The number of carbonyl (C=O) groups is 1. The van der Waals surface area contributed by atoms with Crippen LogP contribution in [0.25, 0.3) is 11.0 Å². The number of benzene rings is 2. The molecule has 0 spiro atoms. The fraction of sp³-hybridized carbons (Fsp3) is 0.407. The Hall–Kier alpha value is -2.97. The molecule has 3 rings (SSSR count). The third-order valence-electron chi connectivity index (χ3n) is 5.97. The van der Waals surface area contributed by atoms with Crippen molar-refractivity contribution in [2.24, 2.45) is 0 Å². The molecule has 188 valence electrons. The smallest absolute Gasteiger partial charge is 0.336 e. The number of carbonyl (C=O) groups excluding carboxylic acids is 1. The lowest BCUT2D eigenvalue weighted by atomic mass is 10.0. The number of fused-ring (bicyclic) bond motifs is 1. The highest BCUT2D eigenvalue weighted by Gasteiger charge is 2.28. The molecule has 0 saturated carbocycles. The second kappa shape index (κ2) is 11.6. The summed E-state index contributed by atoms with van der Waals surface area (Å²) in [6, 6.07) is 10.3. The molecule has 0 aliphatic carbocycles. The summed E-state index contributed by atoms with van der Waals surface area (Å²) in [6.45, 7) is 7.63. The van der Waals surface area contributed by atoms with E-state index in [9.17, 15) is 18.0 Å². The minimum absolute atomic E-state index is 0.0840. The first-order chi connectivity index (χ1) is 16.7. The maximum Gasteiger partial charge on any atom is 0.336 e. The maximum absolute atomic E-state index is 13.1. The van der Waals surface area contributed by atoms with Gasteiger partial charge in [-0.25, -0.2) is 18.0 Å². The Labute approximate surface area is 206 Å². The molecular formula is C27H33NO6S. The summed E-state index contributed by atoms with van der Waals surface area (Å²) in [7, 11) is -3.92. The van der Waals surface area contributed by atoms with Gasteiger partial charge >= 0.3 is 11.6 Å². The van der Waals surface area contributed by atoms with Crippen LogP contribution in [0.15, 0.2) is 56.6 Å². The van der Waals surface area contributed by atoms with Gasteiger partial charge in [-0.2, -0.15) is 4.72 Å². The lowest BCUT2D eigenvalue weighted by Gasteiger charge is -2.18. The van der Waals surface area contributed by atoms with Crippen molar-refractivity contribution < 1.29 is 22.4 Å². The number of esters is 1. The molecule has 0 bridgehead atoms. The number of rotatable bonds is 11. The average molecular weight is 500 g/mol. The molecule has 0 aliphatic rings. The maximum atomic E-state index is 13.1. The predicted molar refractivity (Wildman–Crippen MR) is 136 cm³/mol. The number of unbranched alkanes of at least 4 members (excludes halogenated alkanes) is 2. The lowest BCUT2D eigenvalue weighted by molar-refractivity contribution is -0.136. The van der Waals surface area contributed by atoms with E-state index in [2.05, 4.69) is 11.6 Å². The van der Waals surface area contributed by atoms with Crippen molar-refractivity contribution in [1.82, 2.24) is 4.72 Å². The van der Waals surface area contributed by atoms with Crippen molar-refractivity contribution in [2.45, 2.75) is 77.2 Å². The molecule has 1 unspecified atom stereocenters. The molecular weight excluding hydrogens is 466 g/mol.